The van der Waals surface area contributed by atoms with Crippen molar-refractivity contribution in [1.82, 2.24) is 0 Å². The van der Waals surface area contributed by atoms with Crippen LogP contribution < -0.4 is 0 Å². The van der Waals surface area contributed by atoms with Crippen LogP contribution in [0.3, 0.4) is 0 Å². The Balaban J connectivity index is 0.000000127. The van der Waals surface area contributed by atoms with Gasteiger partial charge in [0.25, 0.3) is 0 Å². The van der Waals surface area contributed by atoms with Crippen LogP contribution in [0.4, 0.5) is 0 Å². The fourth-order valence-electron chi connectivity index (χ4n) is 6.76. The van der Waals surface area contributed by atoms with Gasteiger partial charge in [-0.3, -0.25) is 0 Å². The van der Waals surface area contributed by atoms with Crippen molar-refractivity contribution in [3.63, 3.8) is 0 Å². The summed E-state index contributed by atoms with van der Waals surface area (Å²) in [5.74, 6) is 4.41. The summed E-state index contributed by atoms with van der Waals surface area (Å²) in [6.45, 7) is 0. The first-order valence-electron chi connectivity index (χ1n) is 13.7. The lowest BCUT2D eigenvalue weighted by atomic mass is 9.95. The Morgan fingerprint density at radius 1 is 0.447 bits per heavy atom. The van der Waals surface area contributed by atoms with Gasteiger partial charge in [0.05, 0.1) is 0 Å². The molecule has 2 saturated carbocycles. The van der Waals surface area contributed by atoms with Gasteiger partial charge in [0.2, 0.25) is 0 Å². The van der Waals surface area contributed by atoms with E-state index in [-0.39, 0.29) is 0 Å². The molecule has 0 saturated heterocycles. The Morgan fingerprint density at radius 2 is 0.816 bits per heavy atom. The largest absolute Gasteiger partial charge is 0.0843 e. The summed E-state index contributed by atoms with van der Waals surface area (Å²) >= 11 is 11.9. The molecule has 0 heterocycles. The van der Waals surface area contributed by atoms with Crippen LogP contribution >= 0.6 is 23.2 Å². The predicted molar refractivity (Wildman–Crippen MR) is 160 cm³/mol. The SMILES string of the molecule is Clc1ccc(C2=CC(c3ccccc3)C3CC23)cc1.Clc1ccc(C2=CC(c3ccccc3)C3CC23)cc1. The fraction of sp³-hybridized carbons (Fsp3) is 0.222. The van der Waals surface area contributed by atoms with Crippen molar-refractivity contribution < 1.29 is 0 Å². The predicted octanol–water partition coefficient (Wildman–Crippen LogP) is 10.3. The summed E-state index contributed by atoms with van der Waals surface area (Å²) in [5, 5.41) is 1.63. The van der Waals surface area contributed by atoms with Crippen molar-refractivity contribution in [2.75, 3.05) is 0 Å². The molecule has 38 heavy (non-hydrogen) atoms. The molecule has 4 aliphatic carbocycles. The van der Waals surface area contributed by atoms with Crippen molar-refractivity contribution in [2.24, 2.45) is 23.7 Å². The minimum absolute atomic E-state index is 0.608. The number of hydrogen-bond donors (Lipinski definition) is 0. The Morgan fingerprint density at radius 3 is 1.18 bits per heavy atom. The molecule has 6 unspecified atom stereocenters. The van der Waals surface area contributed by atoms with Gasteiger partial charge >= 0.3 is 0 Å². The van der Waals surface area contributed by atoms with Crippen LogP contribution in [0.2, 0.25) is 10.0 Å². The molecule has 2 heteroatoms. The van der Waals surface area contributed by atoms with Gasteiger partial charge in [-0.25, -0.2) is 0 Å². The molecule has 6 atom stereocenters. The number of benzene rings is 4. The Bertz CT molecular complexity index is 1370. The molecule has 0 bridgehead atoms. The molecule has 0 nitrogen and oxygen atoms in total. The first kappa shape index (κ1) is 24.0. The highest BCUT2D eigenvalue weighted by Gasteiger charge is 2.50. The number of fused-ring (bicyclic) bond motifs is 2. The van der Waals surface area contributed by atoms with Gasteiger partial charge in [-0.2, -0.15) is 0 Å². The maximum Gasteiger partial charge on any atom is 0.0406 e. The molecule has 0 amide bonds. The van der Waals surface area contributed by atoms with E-state index in [1.165, 1.54) is 46.2 Å². The molecule has 0 aromatic heterocycles. The van der Waals surface area contributed by atoms with Crippen molar-refractivity contribution in [2.45, 2.75) is 24.7 Å². The standard InChI is InChI=1S/2C18H15Cl/c2*19-14-8-6-13(7-9-14)16-10-15(17-11-18(16)17)12-4-2-1-3-5-12/h2*1-10,15,17-18H,11H2. The van der Waals surface area contributed by atoms with Crippen molar-refractivity contribution in [3.05, 3.63) is 154 Å². The van der Waals surface area contributed by atoms with Crippen LogP contribution in [-0.2, 0) is 0 Å². The number of hydrogen-bond acceptors (Lipinski definition) is 0. The van der Waals surface area contributed by atoms with Gasteiger partial charge in [0.15, 0.2) is 0 Å². The summed E-state index contributed by atoms with van der Waals surface area (Å²) in [6, 6.07) is 38.3. The second-order valence-corrected chi connectivity index (χ2v) is 12.0. The molecule has 4 aromatic carbocycles. The van der Waals surface area contributed by atoms with E-state index in [1.807, 2.05) is 24.3 Å². The maximum absolute atomic E-state index is 5.97. The van der Waals surface area contributed by atoms with E-state index in [0.29, 0.717) is 11.8 Å². The van der Waals surface area contributed by atoms with Crippen LogP contribution in [0, 0.1) is 23.7 Å². The minimum Gasteiger partial charge on any atom is -0.0843 e. The van der Waals surface area contributed by atoms with Gasteiger partial charge in [0.1, 0.15) is 0 Å². The summed E-state index contributed by atoms with van der Waals surface area (Å²) in [5.41, 5.74) is 8.65. The molecular formula is C36H30Cl2. The van der Waals surface area contributed by atoms with Crippen LogP contribution in [0.25, 0.3) is 11.1 Å². The Kier molecular flexibility index (Phi) is 6.27. The third-order valence-corrected chi connectivity index (χ3v) is 9.35. The average molecular weight is 534 g/mol. The summed E-state index contributed by atoms with van der Waals surface area (Å²) in [4.78, 5) is 0. The highest BCUT2D eigenvalue weighted by atomic mass is 35.5. The molecule has 4 aliphatic rings. The van der Waals surface area contributed by atoms with Gasteiger partial charge in [0, 0.05) is 21.9 Å². The van der Waals surface area contributed by atoms with E-state index < -0.39 is 0 Å². The first-order chi connectivity index (χ1) is 18.7. The number of allylic oxidation sites excluding steroid dienone is 4. The normalized spacial score (nSPS) is 27.8. The lowest BCUT2D eigenvalue weighted by Crippen LogP contribution is -1.94. The van der Waals surface area contributed by atoms with Crippen molar-refractivity contribution in [1.29, 1.82) is 0 Å². The molecule has 4 aromatic rings. The van der Waals surface area contributed by atoms with Gasteiger partial charge in [-0.15, -0.1) is 0 Å². The molecule has 0 N–H and O–H groups in total. The lowest BCUT2D eigenvalue weighted by Gasteiger charge is -2.09. The Labute approximate surface area is 235 Å². The number of rotatable bonds is 4. The summed E-state index contributed by atoms with van der Waals surface area (Å²) in [6.07, 6.45) is 7.62. The van der Waals surface area contributed by atoms with Crippen LogP contribution in [0.15, 0.2) is 121 Å². The quantitative estimate of drug-likeness (QED) is 0.245. The zero-order valence-electron chi connectivity index (χ0n) is 21.2. The second-order valence-electron chi connectivity index (χ2n) is 11.1. The molecule has 2 fully saturated rings. The molecule has 0 spiro atoms. The van der Waals surface area contributed by atoms with Crippen molar-refractivity contribution in [3.8, 4) is 0 Å². The summed E-state index contributed by atoms with van der Waals surface area (Å²) in [7, 11) is 0. The third-order valence-electron chi connectivity index (χ3n) is 8.84. The molecular weight excluding hydrogens is 503 g/mol. The third kappa shape index (κ3) is 4.66. The van der Waals surface area contributed by atoms with Crippen LogP contribution in [0.5, 0.6) is 0 Å². The molecule has 0 radical (unpaired) electrons. The molecule has 8 rings (SSSR count). The highest BCUT2D eigenvalue weighted by Crippen LogP contribution is 2.62. The van der Waals surface area contributed by atoms with E-state index >= 15 is 0 Å². The van der Waals surface area contributed by atoms with Gasteiger partial charge in [-0.1, -0.05) is 120 Å². The van der Waals surface area contributed by atoms with E-state index in [0.717, 1.165) is 33.7 Å². The van der Waals surface area contributed by atoms with Crippen LogP contribution in [0.1, 0.15) is 46.9 Å². The van der Waals surface area contributed by atoms with Crippen LogP contribution in [-0.4, -0.2) is 0 Å². The summed E-state index contributed by atoms with van der Waals surface area (Å²) < 4.78 is 0. The monoisotopic (exact) mass is 532 g/mol. The zero-order valence-corrected chi connectivity index (χ0v) is 22.7. The Hall–Kier alpha value is -3.06. The fourth-order valence-corrected chi connectivity index (χ4v) is 7.01. The second kappa shape index (κ2) is 9.92. The van der Waals surface area contributed by atoms with E-state index in [9.17, 15) is 0 Å². The maximum atomic E-state index is 5.97. The smallest absolute Gasteiger partial charge is 0.0406 e. The van der Waals surface area contributed by atoms with E-state index in [4.69, 9.17) is 23.2 Å². The van der Waals surface area contributed by atoms with Crippen molar-refractivity contribution >= 4 is 34.3 Å². The van der Waals surface area contributed by atoms with E-state index in [1.54, 1.807) is 0 Å². The zero-order chi connectivity index (χ0) is 25.6. The van der Waals surface area contributed by atoms with E-state index in [2.05, 4.69) is 97.1 Å². The highest BCUT2D eigenvalue weighted by molar-refractivity contribution is 6.30. The average Bonchev–Trinajstić information content (AvgIpc) is 3.87. The first-order valence-corrected chi connectivity index (χ1v) is 14.5. The lowest BCUT2D eigenvalue weighted by molar-refractivity contribution is 0.731. The minimum atomic E-state index is 0.608. The molecule has 188 valence electrons. The topological polar surface area (TPSA) is 0 Å². The molecule has 0 aliphatic heterocycles. The number of halogens is 2. The van der Waals surface area contributed by atoms with Gasteiger partial charge < -0.3 is 0 Å². The van der Waals surface area contributed by atoms with Gasteiger partial charge in [-0.05, 0) is 94.2 Å².